The summed E-state index contributed by atoms with van der Waals surface area (Å²) in [6.07, 6.45) is -5.47. The Kier molecular flexibility index (Phi) is 5.69. The SMILES string of the molecule is CC(C)c1ccc(Cc2cc3c(cc2F)CO[C@]32O[C@H](CO)[C@@H](O)[C@H](O)[C@H]2O)cc1. The first-order valence-corrected chi connectivity index (χ1v) is 10.1. The molecule has 0 bridgehead atoms. The van der Waals surface area contributed by atoms with E-state index in [1.807, 2.05) is 24.3 Å². The van der Waals surface area contributed by atoms with Crippen LogP contribution in [0.5, 0.6) is 0 Å². The molecule has 4 N–H and O–H groups in total. The van der Waals surface area contributed by atoms with Gasteiger partial charge in [0.1, 0.15) is 30.2 Å². The van der Waals surface area contributed by atoms with Gasteiger partial charge in [0.15, 0.2) is 0 Å². The largest absolute Gasteiger partial charge is 0.394 e. The summed E-state index contributed by atoms with van der Waals surface area (Å²) in [7, 11) is 0. The minimum absolute atomic E-state index is 0.0202. The van der Waals surface area contributed by atoms with Crippen molar-refractivity contribution in [3.05, 3.63) is 70.0 Å². The molecule has 2 aliphatic rings. The van der Waals surface area contributed by atoms with Crippen LogP contribution < -0.4 is 0 Å². The van der Waals surface area contributed by atoms with Crippen LogP contribution in [0.15, 0.2) is 36.4 Å². The van der Waals surface area contributed by atoms with Crippen LogP contribution in [0, 0.1) is 5.82 Å². The molecule has 0 aliphatic carbocycles. The minimum Gasteiger partial charge on any atom is -0.394 e. The highest BCUT2D eigenvalue weighted by Gasteiger charge is 2.58. The topological polar surface area (TPSA) is 99.4 Å². The molecule has 162 valence electrons. The summed E-state index contributed by atoms with van der Waals surface area (Å²) in [6.45, 7) is 3.62. The molecule has 0 radical (unpaired) electrons. The Labute approximate surface area is 174 Å². The molecule has 0 saturated carbocycles. The summed E-state index contributed by atoms with van der Waals surface area (Å²) in [5, 5.41) is 40.5. The van der Waals surface area contributed by atoms with Crippen molar-refractivity contribution in [3.8, 4) is 0 Å². The highest BCUT2D eigenvalue weighted by atomic mass is 19.1. The molecule has 2 heterocycles. The number of ether oxygens (including phenoxy) is 2. The third kappa shape index (κ3) is 3.45. The quantitative estimate of drug-likeness (QED) is 0.603. The van der Waals surface area contributed by atoms with Crippen LogP contribution in [-0.2, 0) is 28.3 Å². The Hall–Kier alpha value is -1.87. The summed E-state index contributed by atoms with van der Waals surface area (Å²) in [5.74, 6) is -1.77. The third-order valence-corrected chi connectivity index (χ3v) is 6.08. The normalized spacial score (nSPS) is 30.8. The van der Waals surface area contributed by atoms with E-state index in [1.165, 1.54) is 11.6 Å². The molecule has 6 nitrogen and oxygen atoms in total. The van der Waals surface area contributed by atoms with Crippen LogP contribution in [-0.4, -0.2) is 51.4 Å². The highest BCUT2D eigenvalue weighted by Crippen LogP contribution is 2.46. The number of hydrogen-bond donors (Lipinski definition) is 4. The lowest BCUT2D eigenvalue weighted by Gasteiger charge is -2.46. The molecule has 0 unspecified atom stereocenters. The van der Waals surface area contributed by atoms with Gasteiger partial charge in [-0.05, 0) is 40.3 Å². The maximum absolute atomic E-state index is 14.8. The molecule has 5 atom stereocenters. The number of benzene rings is 2. The van der Waals surface area contributed by atoms with Crippen molar-refractivity contribution in [1.29, 1.82) is 0 Å². The first-order chi connectivity index (χ1) is 14.3. The molecule has 0 aromatic heterocycles. The number of aliphatic hydroxyl groups excluding tert-OH is 4. The van der Waals surface area contributed by atoms with Crippen molar-refractivity contribution >= 4 is 0 Å². The second-order valence-electron chi connectivity index (χ2n) is 8.39. The van der Waals surface area contributed by atoms with Gasteiger partial charge in [0.2, 0.25) is 5.79 Å². The van der Waals surface area contributed by atoms with Crippen molar-refractivity contribution < 1.29 is 34.3 Å². The smallest absolute Gasteiger partial charge is 0.225 e. The molecule has 1 saturated heterocycles. The van der Waals surface area contributed by atoms with Crippen LogP contribution in [0.3, 0.4) is 0 Å². The fraction of sp³-hybridized carbons (Fsp3) is 0.478. The van der Waals surface area contributed by atoms with Crippen molar-refractivity contribution in [2.24, 2.45) is 0 Å². The van der Waals surface area contributed by atoms with Crippen molar-refractivity contribution in [2.75, 3.05) is 6.61 Å². The van der Waals surface area contributed by atoms with E-state index >= 15 is 0 Å². The van der Waals surface area contributed by atoms with Gasteiger partial charge in [-0.2, -0.15) is 0 Å². The van der Waals surface area contributed by atoms with Gasteiger partial charge in [0, 0.05) is 12.0 Å². The average molecular weight is 418 g/mol. The van der Waals surface area contributed by atoms with Gasteiger partial charge in [0.05, 0.1) is 13.2 Å². The van der Waals surface area contributed by atoms with Gasteiger partial charge >= 0.3 is 0 Å². The molecule has 30 heavy (non-hydrogen) atoms. The monoisotopic (exact) mass is 418 g/mol. The standard InChI is InChI=1S/C23H27FO6/c1-12(2)14-5-3-13(4-6-14)7-15-8-17-16(9-18(15)24)11-29-23(17)22(28)21(27)20(26)19(10-25)30-23/h3-6,8-9,12,19-22,25-28H,7,10-11H2,1-2H3/t19-,20-,21+,22-,23+/m1/s1. The molecule has 0 amide bonds. The minimum atomic E-state index is -1.77. The second-order valence-corrected chi connectivity index (χ2v) is 8.39. The van der Waals surface area contributed by atoms with Crippen LogP contribution in [0.25, 0.3) is 0 Å². The first-order valence-electron chi connectivity index (χ1n) is 10.1. The summed E-state index contributed by atoms with van der Waals surface area (Å²) >= 11 is 0. The lowest BCUT2D eigenvalue weighted by molar-refractivity contribution is -0.368. The van der Waals surface area contributed by atoms with Crippen LogP contribution in [0.2, 0.25) is 0 Å². The van der Waals surface area contributed by atoms with E-state index in [4.69, 9.17) is 9.47 Å². The summed E-state index contributed by atoms with van der Waals surface area (Å²) in [6, 6.07) is 10.9. The number of rotatable bonds is 4. The van der Waals surface area contributed by atoms with E-state index in [0.29, 0.717) is 29.0 Å². The molecule has 2 aromatic carbocycles. The number of aliphatic hydroxyl groups is 4. The summed E-state index contributed by atoms with van der Waals surface area (Å²) in [5.41, 5.74) is 3.41. The van der Waals surface area contributed by atoms with Crippen LogP contribution in [0.1, 0.15) is 47.6 Å². The number of halogens is 1. The van der Waals surface area contributed by atoms with E-state index in [1.54, 1.807) is 6.07 Å². The fourth-order valence-electron chi connectivity index (χ4n) is 4.22. The van der Waals surface area contributed by atoms with Gasteiger partial charge in [-0.15, -0.1) is 0 Å². The van der Waals surface area contributed by atoms with E-state index in [-0.39, 0.29) is 6.61 Å². The highest BCUT2D eigenvalue weighted by molar-refractivity contribution is 5.42. The average Bonchev–Trinajstić information content (AvgIpc) is 3.08. The zero-order valence-electron chi connectivity index (χ0n) is 17.0. The predicted molar refractivity (Wildman–Crippen MR) is 106 cm³/mol. The molecule has 2 aromatic rings. The first kappa shape index (κ1) is 21.4. The summed E-state index contributed by atoms with van der Waals surface area (Å²) < 4.78 is 26.2. The van der Waals surface area contributed by atoms with Crippen LogP contribution >= 0.6 is 0 Å². The molecular formula is C23H27FO6. The molecule has 1 fully saturated rings. The van der Waals surface area contributed by atoms with Gasteiger partial charge in [-0.1, -0.05) is 38.1 Å². The zero-order chi connectivity index (χ0) is 21.6. The predicted octanol–water partition coefficient (Wildman–Crippen LogP) is 1.70. The van der Waals surface area contributed by atoms with Crippen LogP contribution in [0.4, 0.5) is 4.39 Å². The Morgan fingerprint density at radius 1 is 1.10 bits per heavy atom. The Morgan fingerprint density at radius 3 is 2.43 bits per heavy atom. The lowest BCUT2D eigenvalue weighted by Crippen LogP contribution is -2.63. The fourth-order valence-corrected chi connectivity index (χ4v) is 4.22. The summed E-state index contributed by atoms with van der Waals surface area (Å²) in [4.78, 5) is 0. The van der Waals surface area contributed by atoms with E-state index in [2.05, 4.69) is 13.8 Å². The maximum atomic E-state index is 14.8. The van der Waals surface area contributed by atoms with Gasteiger partial charge in [-0.25, -0.2) is 4.39 Å². The lowest BCUT2D eigenvalue weighted by atomic mass is 9.86. The van der Waals surface area contributed by atoms with E-state index < -0.39 is 42.6 Å². The molecule has 2 aliphatic heterocycles. The Bertz CT molecular complexity index is 913. The van der Waals surface area contributed by atoms with E-state index in [9.17, 15) is 24.8 Å². The van der Waals surface area contributed by atoms with Gasteiger partial charge in [0.25, 0.3) is 0 Å². The second kappa shape index (κ2) is 8.00. The van der Waals surface area contributed by atoms with Crippen molar-refractivity contribution in [3.63, 3.8) is 0 Å². The Balaban J connectivity index is 1.69. The molecule has 7 heteroatoms. The third-order valence-electron chi connectivity index (χ3n) is 6.08. The van der Waals surface area contributed by atoms with Crippen molar-refractivity contribution in [2.45, 2.75) is 63.0 Å². The number of hydrogen-bond acceptors (Lipinski definition) is 6. The van der Waals surface area contributed by atoms with Gasteiger partial charge in [-0.3, -0.25) is 0 Å². The van der Waals surface area contributed by atoms with Gasteiger partial charge < -0.3 is 29.9 Å². The maximum Gasteiger partial charge on any atom is 0.225 e. The van der Waals surface area contributed by atoms with Crippen molar-refractivity contribution in [1.82, 2.24) is 0 Å². The molecule has 4 rings (SSSR count). The van der Waals surface area contributed by atoms with E-state index in [0.717, 1.165) is 5.56 Å². The Morgan fingerprint density at radius 2 is 1.80 bits per heavy atom. The molecular weight excluding hydrogens is 391 g/mol. The molecule has 1 spiro atoms. The zero-order valence-corrected chi connectivity index (χ0v) is 17.0. The number of fused-ring (bicyclic) bond motifs is 2.